The van der Waals surface area contributed by atoms with Gasteiger partial charge in [-0.25, -0.2) is 4.79 Å². The van der Waals surface area contributed by atoms with E-state index >= 15 is 0 Å². The van der Waals surface area contributed by atoms with Gasteiger partial charge in [-0.2, -0.15) is 0 Å². The molecule has 0 aliphatic rings. The molecule has 0 fully saturated rings. The van der Waals surface area contributed by atoms with Gasteiger partial charge in [0.05, 0.1) is 11.4 Å². The van der Waals surface area contributed by atoms with Gasteiger partial charge in [-0.3, -0.25) is 4.79 Å². The van der Waals surface area contributed by atoms with Crippen molar-refractivity contribution < 1.29 is 19.4 Å². The molecule has 86 valence electrons. The van der Waals surface area contributed by atoms with Gasteiger partial charge in [-0.1, -0.05) is 23.7 Å². The number of halogens is 1. The maximum absolute atomic E-state index is 11.2. The molecule has 0 saturated heterocycles. The summed E-state index contributed by atoms with van der Waals surface area (Å²) in [6.45, 7) is 0.0125. The molecular weight excluding hydrogens is 234 g/mol. The van der Waals surface area contributed by atoms with Crippen LogP contribution in [-0.2, 0) is 4.79 Å². The van der Waals surface area contributed by atoms with Crippen LogP contribution in [0.3, 0.4) is 0 Å². The largest absolute Gasteiger partial charge is 0.481 e. The van der Waals surface area contributed by atoms with Gasteiger partial charge >= 0.3 is 12.1 Å². The lowest BCUT2D eigenvalue weighted by molar-refractivity contribution is -0.136. The van der Waals surface area contributed by atoms with Crippen LogP contribution in [0.1, 0.15) is 6.42 Å². The molecule has 0 spiro atoms. The molecule has 0 atom stereocenters. The zero-order valence-electron chi connectivity index (χ0n) is 8.27. The maximum Gasteiger partial charge on any atom is 0.412 e. The fraction of sp³-hybridized carbons (Fsp3) is 0.200. The van der Waals surface area contributed by atoms with Crippen LogP contribution < -0.4 is 10.1 Å². The quantitative estimate of drug-likeness (QED) is 0.847. The molecule has 1 aromatic carbocycles. The number of benzene rings is 1. The second-order valence-electron chi connectivity index (χ2n) is 2.89. The standard InChI is InChI=1S/C10H10ClNO4/c11-7-3-1-2-4-8(7)16-10(15)12-6-5-9(13)14/h1-4H,5-6H2,(H,12,15)(H,13,14). The van der Waals surface area contributed by atoms with E-state index in [0.29, 0.717) is 5.02 Å². The monoisotopic (exact) mass is 243 g/mol. The van der Waals surface area contributed by atoms with Crippen LogP contribution in [0.25, 0.3) is 0 Å². The summed E-state index contributed by atoms with van der Waals surface area (Å²) < 4.78 is 4.85. The van der Waals surface area contributed by atoms with Crippen LogP contribution >= 0.6 is 11.6 Å². The number of hydrogen-bond acceptors (Lipinski definition) is 3. The number of carbonyl (C=O) groups is 2. The number of ether oxygens (including phenoxy) is 1. The van der Waals surface area contributed by atoms with Crippen LogP contribution in [0.5, 0.6) is 5.75 Å². The van der Waals surface area contributed by atoms with E-state index in [2.05, 4.69) is 5.32 Å². The lowest BCUT2D eigenvalue weighted by Gasteiger charge is -2.06. The van der Waals surface area contributed by atoms with Gasteiger partial charge in [0.15, 0.2) is 5.75 Å². The third kappa shape index (κ3) is 4.18. The minimum atomic E-state index is -0.988. The van der Waals surface area contributed by atoms with Crippen molar-refractivity contribution in [2.75, 3.05) is 6.54 Å². The lowest BCUT2D eigenvalue weighted by Crippen LogP contribution is -2.28. The Hall–Kier alpha value is -1.75. The number of carboxylic acids is 1. The molecule has 1 amide bonds. The SMILES string of the molecule is O=C(O)CCNC(=O)Oc1ccccc1Cl. The molecule has 0 aliphatic heterocycles. The second-order valence-corrected chi connectivity index (χ2v) is 3.30. The number of aliphatic carboxylic acids is 1. The van der Waals surface area contributed by atoms with Crippen molar-refractivity contribution in [3.63, 3.8) is 0 Å². The van der Waals surface area contributed by atoms with Crippen molar-refractivity contribution in [1.29, 1.82) is 0 Å². The van der Waals surface area contributed by atoms with E-state index in [1.54, 1.807) is 24.3 Å². The summed E-state index contributed by atoms with van der Waals surface area (Å²) in [4.78, 5) is 21.3. The van der Waals surface area contributed by atoms with E-state index in [9.17, 15) is 9.59 Å². The number of nitrogens with one attached hydrogen (secondary N) is 1. The Balaban J connectivity index is 2.40. The second kappa shape index (κ2) is 5.97. The van der Waals surface area contributed by atoms with Crippen molar-refractivity contribution in [3.05, 3.63) is 29.3 Å². The predicted molar refractivity (Wildman–Crippen MR) is 57.7 cm³/mol. The summed E-state index contributed by atoms with van der Waals surface area (Å²) in [6, 6.07) is 6.50. The molecule has 6 heteroatoms. The third-order valence-electron chi connectivity index (χ3n) is 1.65. The van der Waals surface area contributed by atoms with E-state index < -0.39 is 12.1 Å². The van der Waals surface area contributed by atoms with E-state index in [1.807, 2.05) is 0 Å². The summed E-state index contributed by atoms with van der Waals surface area (Å²) in [5.74, 6) is -0.755. The van der Waals surface area contributed by atoms with Crippen molar-refractivity contribution in [1.82, 2.24) is 5.32 Å². The van der Waals surface area contributed by atoms with Crippen molar-refractivity contribution >= 4 is 23.7 Å². The highest BCUT2D eigenvalue weighted by atomic mass is 35.5. The summed E-state index contributed by atoms with van der Waals surface area (Å²) >= 11 is 5.75. The Kier molecular flexibility index (Phi) is 4.60. The van der Waals surface area contributed by atoms with Gasteiger partial charge in [0.1, 0.15) is 0 Å². The fourth-order valence-electron chi connectivity index (χ4n) is 0.935. The zero-order valence-corrected chi connectivity index (χ0v) is 9.03. The molecule has 5 nitrogen and oxygen atoms in total. The van der Waals surface area contributed by atoms with Crippen LogP contribution in [0.4, 0.5) is 4.79 Å². The van der Waals surface area contributed by atoms with Gasteiger partial charge in [0.25, 0.3) is 0 Å². The summed E-state index contributed by atoms with van der Waals surface area (Å²) in [5, 5.41) is 11.0. The molecule has 1 rings (SSSR count). The molecule has 0 radical (unpaired) electrons. The van der Waals surface area contributed by atoms with Crippen molar-refractivity contribution in [2.45, 2.75) is 6.42 Å². The van der Waals surface area contributed by atoms with E-state index in [4.69, 9.17) is 21.4 Å². The number of para-hydroxylation sites is 1. The highest BCUT2D eigenvalue weighted by Gasteiger charge is 2.07. The Bertz CT molecular complexity index is 394. The first-order valence-electron chi connectivity index (χ1n) is 4.51. The predicted octanol–water partition coefficient (Wildman–Crippen LogP) is 1.90. The van der Waals surface area contributed by atoms with Gasteiger partial charge in [0, 0.05) is 6.54 Å². The number of amides is 1. The molecule has 16 heavy (non-hydrogen) atoms. The molecule has 0 heterocycles. The number of carbonyl (C=O) groups excluding carboxylic acids is 1. The van der Waals surface area contributed by atoms with Gasteiger partial charge in [0.2, 0.25) is 0 Å². The van der Waals surface area contributed by atoms with E-state index in [-0.39, 0.29) is 18.7 Å². The Morgan fingerprint density at radius 2 is 2.06 bits per heavy atom. The molecule has 2 N–H and O–H groups in total. The highest BCUT2D eigenvalue weighted by molar-refractivity contribution is 6.32. The van der Waals surface area contributed by atoms with Crippen LogP contribution in [0.2, 0.25) is 5.02 Å². The lowest BCUT2D eigenvalue weighted by atomic mass is 10.3. The zero-order chi connectivity index (χ0) is 12.0. The molecule has 0 bridgehead atoms. The van der Waals surface area contributed by atoms with E-state index in [0.717, 1.165) is 0 Å². The Morgan fingerprint density at radius 3 is 2.69 bits per heavy atom. The number of carboxylic acid groups (broad SMARTS) is 1. The molecule has 0 unspecified atom stereocenters. The van der Waals surface area contributed by atoms with Crippen LogP contribution in [0.15, 0.2) is 24.3 Å². The normalized spacial score (nSPS) is 9.56. The smallest absolute Gasteiger partial charge is 0.412 e. The Labute approximate surface area is 97.0 Å². The number of rotatable bonds is 4. The van der Waals surface area contributed by atoms with Crippen LogP contribution in [-0.4, -0.2) is 23.7 Å². The first kappa shape index (κ1) is 12.3. The van der Waals surface area contributed by atoms with Crippen molar-refractivity contribution in [3.8, 4) is 5.75 Å². The fourth-order valence-corrected chi connectivity index (χ4v) is 1.11. The Morgan fingerprint density at radius 1 is 1.38 bits per heavy atom. The minimum Gasteiger partial charge on any atom is -0.481 e. The van der Waals surface area contributed by atoms with Gasteiger partial charge in [-0.05, 0) is 12.1 Å². The molecule has 0 saturated carbocycles. The average Bonchev–Trinajstić information content (AvgIpc) is 2.21. The summed E-state index contributed by atoms with van der Waals surface area (Å²) in [5.41, 5.74) is 0. The molecule has 0 aromatic heterocycles. The minimum absolute atomic E-state index is 0.0125. The number of hydrogen-bond donors (Lipinski definition) is 2. The van der Waals surface area contributed by atoms with Crippen LogP contribution in [0, 0.1) is 0 Å². The molecule has 1 aromatic rings. The topological polar surface area (TPSA) is 75.6 Å². The average molecular weight is 244 g/mol. The van der Waals surface area contributed by atoms with Gasteiger partial charge < -0.3 is 15.2 Å². The van der Waals surface area contributed by atoms with E-state index in [1.165, 1.54) is 0 Å². The highest BCUT2D eigenvalue weighted by Crippen LogP contribution is 2.22. The third-order valence-corrected chi connectivity index (χ3v) is 1.96. The first-order valence-corrected chi connectivity index (χ1v) is 4.89. The summed E-state index contributed by atoms with van der Waals surface area (Å²) in [7, 11) is 0. The molecular formula is C10H10ClNO4. The first-order chi connectivity index (χ1) is 7.59. The maximum atomic E-state index is 11.2. The van der Waals surface area contributed by atoms with Gasteiger partial charge in [-0.15, -0.1) is 0 Å². The van der Waals surface area contributed by atoms with Crippen molar-refractivity contribution in [2.24, 2.45) is 0 Å². The molecule has 0 aliphatic carbocycles. The summed E-state index contributed by atoms with van der Waals surface area (Å²) in [6.07, 6.45) is -0.883.